The Bertz CT molecular complexity index is 494. The highest BCUT2D eigenvalue weighted by Crippen LogP contribution is 2.32. The van der Waals surface area contributed by atoms with Crippen LogP contribution in [-0.2, 0) is 4.79 Å². The van der Waals surface area contributed by atoms with Crippen molar-refractivity contribution in [2.24, 2.45) is 5.92 Å². The Morgan fingerprint density at radius 1 is 1.40 bits per heavy atom. The van der Waals surface area contributed by atoms with Crippen molar-refractivity contribution in [1.82, 2.24) is 0 Å². The molecule has 0 spiro atoms. The number of Topliss-reactive ketones (excluding diaryl/α,β-unsaturated/α-hetero) is 1. The van der Waals surface area contributed by atoms with Gasteiger partial charge in [0.25, 0.3) is 0 Å². The number of hydrogen-bond donors (Lipinski definition) is 0. The summed E-state index contributed by atoms with van der Waals surface area (Å²) in [7, 11) is 0. The molecule has 0 bridgehead atoms. The normalized spacial score (nSPS) is 18.9. The second-order valence-corrected chi connectivity index (χ2v) is 6.39. The second-order valence-electron chi connectivity index (χ2n) is 5.99. The zero-order valence-corrected chi connectivity index (χ0v) is 13.3. The molecular weight excluding hydrogens is 272 g/mol. The summed E-state index contributed by atoms with van der Waals surface area (Å²) >= 11 is 6.25. The van der Waals surface area contributed by atoms with Crippen LogP contribution in [0, 0.1) is 12.8 Å². The number of ether oxygens (including phenoxy) is 1. The molecule has 0 heterocycles. The standard InChI is InChI=1S/C17H23ClO2/c1-11(2)14-10-17(12(3)9-15(14)18)20-8-7-13-5-4-6-16(13)19/h9-11,13H,4-8H2,1-3H3. The summed E-state index contributed by atoms with van der Waals surface area (Å²) in [6.07, 6.45) is 3.65. The van der Waals surface area contributed by atoms with Crippen LogP contribution in [0.25, 0.3) is 0 Å². The summed E-state index contributed by atoms with van der Waals surface area (Å²) in [5.74, 6) is 1.89. The summed E-state index contributed by atoms with van der Waals surface area (Å²) in [6.45, 7) is 6.86. The average molecular weight is 295 g/mol. The highest BCUT2D eigenvalue weighted by Gasteiger charge is 2.24. The Balaban J connectivity index is 1.98. The number of aryl methyl sites for hydroxylation is 1. The molecule has 1 unspecified atom stereocenters. The molecule has 0 aromatic heterocycles. The van der Waals surface area contributed by atoms with Crippen LogP contribution in [0.5, 0.6) is 5.75 Å². The summed E-state index contributed by atoms with van der Waals surface area (Å²) in [5, 5.41) is 0.802. The number of carbonyl (C=O) groups is 1. The first-order chi connectivity index (χ1) is 9.49. The fraction of sp³-hybridized carbons (Fsp3) is 0.588. The highest BCUT2D eigenvalue weighted by molar-refractivity contribution is 6.31. The summed E-state index contributed by atoms with van der Waals surface area (Å²) < 4.78 is 5.88. The van der Waals surface area contributed by atoms with E-state index in [-0.39, 0.29) is 5.92 Å². The van der Waals surface area contributed by atoms with E-state index in [0.29, 0.717) is 18.3 Å². The van der Waals surface area contributed by atoms with Crippen molar-refractivity contribution in [1.29, 1.82) is 0 Å². The maximum absolute atomic E-state index is 11.6. The molecule has 1 aliphatic carbocycles. The molecule has 1 aliphatic rings. The maximum Gasteiger partial charge on any atom is 0.136 e. The molecular formula is C17H23ClO2. The minimum Gasteiger partial charge on any atom is -0.493 e. The van der Waals surface area contributed by atoms with Crippen molar-refractivity contribution in [3.8, 4) is 5.75 Å². The van der Waals surface area contributed by atoms with Gasteiger partial charge >= 0.3 is 0 Å². The van der Waals surface area contributed by atoms with Crippen molar-refractivity contribution >= 4 is 17.4 Å². The van der Waals surface area contributed by atoms with E-state index in [2.05, 4.69) is 13.8 Å². The van der Waals surface area contributed by atoms with E-state index >= 15 is 0 Å². The highest BCUT2D eigenvalue weighted by atomic mass is 35.5. The number of hydrogen-bond acceptors (Lipinski definition) is 2. The van der Waals surface area contributed by atoms with Crippen molar-refractivity contribution in [2.75, 3.05) is 6.61 Å². The van der Waals surface area contributed by atoms with Gasteiger partial charge in [-0.15, -0.1) is 0 Å². The Kier molecular flexibility index (Phi) is 5.09. The van der Waals surface area contributed by atoms with Gasteiger partial charge in [0, 0.05) is 17.4 Å². The van der Waals surface area contributed by atoms with E-state index in [9.17, 15) is 4.79 Å². The number of carbonyl (C=O) groups excluding carboxylic acids is 1. The predicted molar refractivity (Wildman–Crippen MR) is 82.7 cm³/mol. The lowest BCUT2D eigenvalue weighted by Crippen LogP contribution is -2.11. The van der Waals surface area contributed by atoms with Crippen molar-refractivity contribution in [3.63, 3.8) is 0 Å². The first-order valence-electron chi connectivity index (χ1n) is 7.44. The van der Waals surface area contributed by atoms with E-state index in [0.717, 1.165) is 47.6 Å². The monoisotopic (exact) mass is 294 g/mol. The molecule has 2 nitrogen and oxygen atoms in total. The molecule has 1 saturated carbocycles. The summed E-state index contributed by atoms with van der Waals surface area (Å²) in [5.41, 5.74) is 2.17. The lowest BCUT2D eigenvalue weighted by molar-refractivity contribution is -0.121. The molecule has 0 saturated heterocycles. The second kappa shape index (κ2) is 6.62. The fourth-order valence-electron chi connectivity index (χ4n) is 2.77. The number of ketones is 1. The Hall–Kier alpha value is -1.02. The first kappa shape index (κ1) is 15.4. The SMILES string of the molecule is Cc1cc(Cl)c(C(C)C)cc1OCCC1CCCC1=O. The zero-order chi connectivity index (χ0) is 14.7. The van der Waals surface area contributed by atoms with Crippen LogP contribution in [0.1, 0.15) is 56.6 Å². The Morgan fingerprint density at radius 3 is 2.75 bits per heavy atom. The molecule has 0 aliphatic heterocycles. The molecule has 0 N–H and O–H groups in total. The van der Waals surface area contributed by atoms with Crippen LogP contribution in [0.15, 0.2) is 12.1 Å². The molecule has 20 heavy (non-hydrogen) atoms. The van der Waals surface area contributed by atoms with Gasteiger partial charge in [-0.2, -0.15) is 0 Å². The van der Waals surface area contributed by atoms with Gasteiger partial charge in [0.05, 0.1) is 6.61 Å². The third-order valence-corrected chi connectivity index (χ3v) is 4.40. The maximum atomic E-state index is 11.6. The zero-order valence-electron chi connectivity index (χ0n) is 12.5. The fourth-order valence-corrected chi connectivity index (χ4v) is 3.21. The van der Waals surface area contributed by atoms with E-state index in [4.69, 9.17) is 16.3 Å². The quantitative estimate of drug-likeness (QED) is 0.771. The van der Waals surface area contributed by atoms with Crippen molar-refractivity contribution in [3.05, 3.63) is 28.3 Å². The van der Waals surface area contributed by atoms with Crippen LogP contribution in [0.4, 0.5) is 0 Å². The van der Waals surface area contributed by atoms with Crippen LogP contribution in [0.2, 0.25) is 5.02 Å². The summed E-state index contributed by atoms with van der Waals surface area (Å²) in [4.78, 5) is 11.6. The van der Waals surface area contributed by atoms with Crippen LogP contribution in [-0.4, -0.2) is 12.4 Å². The largest absolute Gasteiger partial charge is 0.493 e. The predicted octanol–water partition coefficient (Wildman–Crippen LogP) is 4.91. The smallest absolute Gasteiger partial charge is 0.136 e. The lowest BCUT2D eigenvalue weighted by atomic mass is 10.0. The van der Waals surface area contributed by atoms with Gasteiger partial charge in [-0.3, -0.25) is 4.79 Å². The van der Waals surface area contributed by atoms with Gasteiger partial charge in [0.2, 0.25) is 0 Å². The molecule has 1 aromatic carbocycles. The average Bonchev–Trinajstić information content (AvgIpc) is 2.77. The van der Waals surface area contributed by atoms with Gasteiger partial charge in [0.1, 0.15) is 11.5 Å². The minimum absolute atomic E-state index is 0.215. The summed E-state index contributed by atoms with van der Waals surface area (Å²) in [6, 6.07) is 4.01. The van der Waals surface area contributed by atoms with Crippen LogP contribution >= 0.6 is 11.6 Å². The Morgan fingerprint density at radius 2 is 2.15 bits per heavy atom. The molecule has 110 valence electrons. The van der Waals surface area contributed by atoms with Gasteiger partial charge in [-0.25, -0.2) is 0 Å². The van der Waals surface area contributed by atoms with E-state index in [1.165, 1.54) is 0 Å². The molecule has 2 rings (SSSR count). The van der Waals surface area contributed by atoms with Crippen LogP contribution in [0.3, 0.4) is 0 Å². The molecule has 0 radical (unpaired) electrons. The van der Waals surface area contributed by atoms with Crippen molar-refractivity contribution < 1.29 is 9.53 Å². The topological polar surface area (TPSA) is 26.3 Å². The van der Waals surface area contributed by atoms with E-state index < -0.39 is 0 Å². The van der Waals surface area contributed by atoms with Gasteiger partial charge in [-0.1, -0.05) is 25.4 Å². The number of halogens is 1. The Labute approximate surface area is 126 Å². The van der Waals surface area contributed by atoms with Crippen LogP contribution < -0.4 is 4.74 Å². The van der Waals surface area contributed by atoms with Gasteiger partial charge in [0.15, 0.2) is 0 Å². The first-order valence-corrected chi connectivity index (χ1v) is 7.82. The number of benzene rings is 1. The van der Waals surface area contributed by atoms with Gasteiger partial charge < -0.3 is 4.74 Å². The molecule has 1 fully saturated rings. The lowest BCUT2D eigenvalue weighted by Gasteiger charge is -2.15. The molecule has 1 atom stereocenters. The third-order valence-electron chi connectivity index (χ3n) is 4.07. The van der Waals surface area contributed by atoms with E-state index in [1.807, 2.05) is 19.1 Å². The van der Waals surface area contributed by atoms with Gasteiger partial charge in [-0.05, 0) is 55.4 Å². The van der Waals surface area contributed by atoms with E-state index in [1.54, 1.807) is 0 Å². The molecule has 1 aromatic rings. The third kappa shape index (κ3) is 3.54. The minimum atomic E-state index is 0.215. The number of rotatable bonds is 5. The molecule has 0 amide bonds. The van der Waals surface area contributed by atoms with Crippen molar-refractivity contribution in [2.45, 2.75) is 52.4 Å². The molecule has 3 heteroatoms.